The number of methoxy groups -OCH3 is 1. The summed E-state index contributed by atoms with van der Waals surface area (Å²) in [7, 11) is -2.50. The predicted molar refractivity (Wildman–Crippen MR) is 114 cm³/mol. The van der Waals surface area contributed by atoms with Crippen molar-refractivity contribution in [3.63, 3.8) is 0 Å². The van der Waals surface area contributed by atoms with Gasteiger partial charge in [0.2, 0.25) is 10.0 Å². The molecule has 0 saturated carbocycles. The minimum Gasteiger partial charge on any atom is -0.495 e. The van der Waals surface area contributed by atoms with Crippen molar-refractivity contribution in [1.82, 2.24) is 4.98 Å². The van der Waals surface area contributed by atoms with E-state index in [0.717, 1.165) is 15.7 Å². The SMILES string of the molecule is COc1ccc(S(N)(=O)=O)cc1NC(=O)c1ccc(-c2cccc(Br)c2)nc1C. The normalized spacial score (nSPS) is 11.2. The summed E-state index contributed by atoms with van der Waals surface area (Å²) in [6.07, 6.45) is 0. The number of aromatic nitrogens is 1. The molecule has 0 spiro atoms. The zero-order valence-electron chi connectivity index (χ0n) is 15.6. The largest absolute Gasteiger partial charge is 0.495 e. The van der Waals surface area contributed by atoms with E-state index >= 15 is 0 Å². The molecular formula is C20H18BrN3O4S. The third-order valence-corrected chi connectivity index (χ3v) is 5.60. The summed E-state index contributed by atoms with van der Waals surface area (Å²) in [6, 6.07) is 15.1. The topological polar surface area (TPSA) is 111 Å². The molecule has 0 saturated heterocycles. The molecule has 0 aliphatic heterocycles. The molecule has 7 nitrogen and oxygen atoms in total. The molecule has 150 valence electrons. The highest BCUT2D eigenvalue weighted by Gasteiger charge is 2.17. The fourth-order valence-corrected chi connectivity index (χ4v) is 3.70. The summed E-state index contributed by atoms with van der Waals surface area (Å²) >= 11 is 3.43. The van der Waals surface area contributed by atoms with E-state index < -0.39 is 15.9 Å². The number of carbonyl (C=O) groups excluding carboxylic acids is 1. The minimum atomic E-state index is -3.92. The maximum Gasteiger partial charge on any atom is 0.257 e. The Labute approximate surface area is 177 Å². The summed E-state index contributed by atoms with van der Waals surface area (Å²) in [5.74, 6) is -0.136. The fraction of sp³-hybridized carbons (Fsp3) is 0.100. The van der Waals surface area contributed by atoms with Crippen molar-refractivity contribution in [2.75, 3.05) is 12.4 Å². The zero-order valence-corrected chi connectivity index (χ0v) is 18.0. The van der Waals surface area contributed by atoms with Crippen LogP contribution in [0.1, 0.15) is 16.1 Å². The van der Waals surface area contributed by atoms with E-state index in [9.17, 15) is 13.2 Å². The Morgan fingerprint density at radius 1 is 1.14 bits per heavy atom. The van der Waals surface area contributed by atoms with Crippen LogP contribution in [-0.4, -0.2) is 26.4 Å². The molecule has 1 aromatic heterocycles. The van der Waals surface area contributed by atoms with E-state index in [1.807, 2.05) is 24.3 Å². The number of anilines is 1. The van der Waals surface area contributed by atoms with Gasteiger partial charge < -0.3 is 10.1 Å². The fourth-order valence-electron chi connectivity index (χ4n) is 2.76. The Morgan fingerprint density at radius 2 is 1.90 bits per heavy atom. The molecule has 0 aliphatic carbocycles. The number of primary sulfonamides is 1. The van der Waals surface area contributed by atoms with Gasteiger partial charge in [0.15, 0.2) is 0 Å². The number of halogens is 1. The van der Waals surface area contributed by atoms with E-state index in [1.165, 1.54) is 25.3 Å². The van der Waals surface area contributed by atoms with Crippen molar-refractivity contribution >= 4 is 37.5 Å². The van der Waals surface area contributed by atoms with Crippen LogP contribution in [0, 0.1) is 6.92 Å². The molecule has 29 heavy (non-hydrogen) atoms. The van der Waals surface area contributed by atoms with E-state index in [4.69, 9.17) is 9.88 Å². The molecule has 1 heterocycles. The van der Waals surface area contributed by atoms with Gasteiger partial charge >= 0.3 is 0 Å². The summed E-state index contributed by atoms with van der Waals surface area (Å²) < 4.78 is 29.3. The summed E-state index contributed by atoms with van der Waals surface area (Å²) in [6.45, 7) is 1.73. The molecule has 3 rings (SSSR count). The average molecular weight is 476 g/mol. The van der Waals surface area contributed by atoms with Crippen LogP contribution in [0.4, 0.5) is 5.69 Å². The van der Waals surface area contributed by atoms with Gasteiger partial charge in [-0.1, -0.05) is 28.1 Å². The smallest absolute Gasteiger partial charge is 0.257 e. The van der Waals surface area contributed by atoms with Crippen molar-refractivity contribution in [2.24, 2.45) is 5.14 Å². The summed E-state index contributed by atoms with van der Waals surface area (Å²) in [5.41, 5.74) is 2.72. The Hall–Kier alpha value is -2.75. The van der Waals surface area contributed by atoms with Crippen molar-refractivity contribution in [3.8, 4) is 17.0 Å². The van der Waals surface area contributed by atoms with Gasteiger partial charge in [-0.25, -0.2) is 13.6 Å². The lowest BCUT2D eigenvalue weighted by Crippen LogP contribution is -2.16. The standard InChI is InChI=1S/C20H18BrN3O4S/c1-12-16(7-8-17(23-12)13-4-3-5-14(21)10-13)20(25)24-18-11-15(29(22,26)27)6-9-19(18)28-2/h3-11H,1-2H3,(H,24,25)(H2,22,26,27). The lowest BCUT2D eigenvalue weighted by Gasteiger charge is -2.13. The highest BCUT2D eigenvalue weighted by Crippen LogP contribution is 2.28. The monoisotopic (exact) mass is 475 g/mol. The number of benzene rings is 2. The van der Waals surface area contributed by atoms with Gasteiger partial charge in [-0.05, 0) is 49.4 Å². The molecule has 9 heteroatoms. The van der Waals surface area contributed by atoms with Crippen LogP contribution >= 0.6 is 15.9 Å². The Bertz CT molecular complexity index is 1200. The van der Waals surface area contributed by atoms with Crippen LogP contribution in [0.3, 0.4) is 0 Å². The molecule has 0 unspecified atom stereocenters. The molecule has 0 atom stereocenters. The van der Waals surface area contributed by atoms with Crippen molar-refractivity contribution in [1.29, 1.82) is 0 Å². The molecule has 1 amide bonds. The average Bonchev–Trinajstić information content (AvgIpc) is 2.67. The number of rotatable bonds is 5. The minimum absolute atomic E-state index is 0.131. The van der Waals surface area contributed by atoms with Crippen LogP contribution in [0.5, 0.6) is 5.75 Å². The van der Waals surface area contributed by atoms with Gasteiger partial charge in [-0.15, -0.1) is 0 Å². The number of pyridine rings is 1. The van der Waals surface area contributed by atoms with Crippen LogP contribution < -0.4 is 15.2 Å². The van der Waals surface area contributed by atoms with Gasteiger partial charge in [0.1, 0.15) is 5.75 Å². The summed E-state index contributed by atoms with van der Waals surface area (Å²) in [5, 5.41) is 7.84. The number of amides is 1. The maximum absolute atomic E-state index is 12.8. The number of nitrogens with one attached hydrogen (secondary N) is 1. The third kappa shape index (κ3) is 4.81. The number of hydrogen-bond donors (Lipinski definition) is 2. The molecule has 2 aromatic carbocycles. The van der Waals surface area contributed by atoms with Crippen LogP contribution in [-0.2, 0) is 10.0 Å². The van der Waals surface area contributed by atoms with Crippen LogP contribution in [0.25, 0.3) is 11.3 Å². The number of sulfonamides is 1. The van der Waals surface area contributed by atoms with Crippen molar-refractivity contribution < 1.29 is 17.9 Å². The quantitative estimate of drug-likeness (QED) is 0.583. The molecule has 0 radical (unpaired) electrons. The second kappa shape index (κ2) is 8.32. The molecule has 0 bridgehead atoms. The first-order chi connectivity index (χ1) is 13.7. The first kappa shape index (κ1) is 21.0. The Kier molecular flexibility index (Phi) is 6.02. The second-order valence-corrected chi connectivity index (χ2v) is 8.68. The first-order valence-corrected chi connectivity index (χ1v) is 10.8. The number of nitrogens with zero attached hydrogens (tertiary/aromatic N) is 1. The van der Waals surface area contributed by atoms with Gasteiger partial charge in [-0.2, -0.15) is 0 Å². The number of aryl methyl sites for hydroxylation is 1. The zero-order chi connectivity index (χ0) is 21.2. The van der Waals surface area contributed by atoms with Crippen LogP contribution in [0.2, 0.25) is 0 Å². The third-order valence-electron chi connectivity index (χ3n) is 4.20. The molecule has 3 aromatic rings. The second-order valence-electron chi connectivity index (χ2n) is 6.20. The lowest BCUT2D eigenvalue weighted by atomic mass is 10.1. The number of carbonyl (C=O) groups is 1. The van der Waals surface area contributed by atoms with E-state index in [2.05, 4.69) is 26.2 Å². The molecule has 0 fully saturated rings. The molecule has 3 N–H and O–H groups in total. The molecule has 0 aliphatic rings. The van der Waals surface area contributed by atoms with Crippen LogP contribution in [0.15, 0.2) is 64.0 Å². The molecular weight excluding hydrogens is 458 g/mol. The van der Waals surface area contributed by atoms with Gasteiger partial charge in [0.05, 0.1) is 34.6 Å². The van der Waals surface area contributed by atoms with Crippen molar-refractivity contribution in [2.45, 2.75) is 11.8 Å². The van der Waals surface area contributed by atoms with Gasteiger partial charge in [0.25, 0.3) is 5.91 Å². The number of nitrogens with two attached hydrogens (primary N) is 1. The summed E-state index contributed by atoms with van der Waals surface area (Å²) in [4.78, 5) is 17.2. The van der Waals surface area contributed by atoms with E-state index in [0.29, 0.717) is 17.0 Å². The van der Waals surface area contributed by atoms with Gasteiger partial charge in [-0.3, -0.25) is 9.78 Å². The Balaban J connectivity index is 1.92. The highest BCUT2D eigenvalue weighted by molar-refractivity contribution is 9.10. The predicted octanol–water partition coefficient (Wildman–Crippen LogP) is 3.73. The van der Waals surface area contributed by atoms with E-state index in [-0.39, 0.29) is 10.6 Å². The number of ether oxygens (including phenoxy) is 1. The lowest BCUT2D eigenvalue weighted by molar-refractivity contribution is 0.102. The maximum atomic E-state index is 12.8. The van der Waals surface area contributed by atoms with Crippen molar-refractivity contribution in [3.05, 3.63) is 70.3 Å². The highest BCUT2D eigenvalue weighted by atomic mass is 79.9. The first-order valence-electron chi connectivity index (χ1n) is 8.45. The number of hydrogen-bond acceptors (Lipinski definition) is 5. The van der Waals surface area contributed by atoms with E-state index in [1.54, 1.807) is 19.1 Å². The van der Waals surface area contributed by atoms with Gasteiger partial charge in [0, 0.05) is 10.0 Å². The Morgan fingerprint density at radius 3 is 2.52 bits per heavy atom.